The van der Waals surface area contributed by atoms with Gasteiger partial charge in [-0.05, 0) is 42.8 Å². The number of imidazole rings is 1. The summed E-state index contributed by atoms with van der Waals surface area (Å²) in [5.41, 5.74) is 4.37. The van der Waals surface area contributed by atoms with Crippen LogP contribution in [0.3, 0.4) is 0 Å². The lowest BCUT2D eigenvalue weighted by Gasteiger charge is -2.07. The number of hydrogen-bond acceptors (Lipinski definition) is 5. The van der Waals surface area contributed by atoms with Crippen molar-refractivity contribution in [3.05, 3.63) is 70.1 Å². The first kappa shape index (κ1) is 17.9. The van der Waals surface area contributed by atoms with Gasteiger partial charge >= 0.3 is 0 Å². The number of nitriles is 1. The molecule has 0 bridgehead atoms. The number of rotatable bonds is 4. The summed E-state index contributed by atoms with van der Waals surface area (Å²) in [5.74, 6) is -0.198. The second kappa shape index (κ2) is 7.29. The molecule has 0 aliphatic heterocycles. The maximum Gasteiger partial charge on any atom is 0.249 e. The molecule has 0 aliphatic carbocycles. The third-order valence-corrected chi connectivity index (χ3v) is 4.81. The van der Waals surface area contributed by atoms with E-state index in [-0.39, 0.29) is 23.8 Å². The van der Waals surface area contributed by atoms with Crippen LogP contribution in [0, 0.1) is 18.3 Å². The number of amides is 1. The van der Waals surface area contributed by atoms with Gasteiger partial charge in [-0.2, -0.15) is 5.26 Å². The highest BCUT2D eigenvalue weighted by Gasteiger charge is 2.15. The first-order valence-electron chi connectivity index (χ1n) is 8.43. The Balaban J connectivity index is 1.50. The van der Waals surface area contributed by atoms with Gasteiger partial charge in [-0.15, -0.1) is 0 Å². The molecule has 0 saturated heterocycles. The largest absolute Gasteiger partial charge is 0.337 e. The Bertz CT molecular complexity index is 1220. The van der Waals surface area contributed by atoms with Crippen molar-refractivity contribution in [1.29, 1.82) is 5.26 Å². The summed E-state index contributed by atoms with van der Waals surface area (Å²) >= 11 is 3.45. The van der Waals surface area contributed by atoms with E-state index in [0.717, 1.165) is 26.8 Å². The Morgan fingerprint density at radius 2 is 2.07 bits per heavy atom. The molecule has 7 nitrogen and oxygen atoms in total. The summed E-state index contributed by atoms with van der Waals surface area (Å²) in [6, 6.07) is 15.5. The lowest BCUT2D eigenvalue weighted by Crippen LogP contribution is -2.14. The number of nitrogens with one attached hydrogen (secondary N) is 1. The molecule has 2 heterocycles. The fraction of sp³-hybridized carbons (Fsp3) is 0.100. The maximum absolute atomic E-state index is 12.3. The van der Waals surface area contributed by atoms with Crippen LogP contribution in [-0.2, 0) is 11.2 Å². The van der Waals surface area contributed by atoms with Crippen LogP contribution in [0.25, 0.3) is 16.7 Å². The van der Waals surface area contributed by atoms with Crippen LogP contribution in [-0.4, -0.2) is 20.6 Å². The average Bonchev–Trinajstić information content (AvgIpc) is 3.25. The molecule has 4 rings (SSSR count). The third-order valence-electron chi connectivity index (χ3n) is 4.32. The summed E-state index contributed by atoms with van der Waals surface area (Å²) in [6.07, 6.45) is 1.93. The van der Waals surface area contributed by atoms with Crippen LogP contribution < -0.4 is 5.32 Å². The van der Waals surface area contributed by atoms with Gasteiger partial charge in [0.1, 0.15) is 23.7 Å². The Hall–Kier alpha value is -3.44. The predicted molar refractivity (Wildman–Crippen MR) is 107 cm³/mol. The van der Waals surface area contributed by atoms with Crippen molar-refractivity contribution in [2.24, 2.45) is 0 Å². The molecule has 0 aliphatic rings. The van der Waals surface area contributed by atoms with Gasteiger partial charge in [0.25, 0.3) is 0 Å². The molecule has 8 heteroatoms. The number of halogens is 1. The van der Waals surface area contributed by atoms with Crippen LogP contribution >= 0.6 is 15.9 Å². The van der Waals surface area contributed by atoms with E-state index < -0.39 is 0 Å². The van der Waals surface area contributed by atoms with Crippen LogP contribution in [0.5, 0.6) is 0 Å². The normalized spacial score (nSPS) is 10.8. The fourth-order valence-corrected chi connectivity index (χ4v) is 3.26. The van der Waals surface area contributed by atoms with E-state index in [1.807, 2.05) is 53.1 Å². The summed E-state index contributed by atoms with van der Waals surface area (Å²) in [5, 5.41) is 15.4. The quantitative estimate of drug-likeness (QED) is 0.519. The Morgan fingerprint density at radius 3 is 2.82 bits per heavy atom. The first-order valence-corrected chi connectivity index (χ1v) is 9.22. The number of carbonyl (C=O) groups excluding carboxylic acids is 1. The first-order chi connectivity index (χ1) is 13.5. The Kier molecular flexibility index (Phi) is 4.67. The fourth-order valence-electron chi connectivity index (χ4n) is 2.91. The molecule has 28 heavy (non-hydrogen) atoms. The molecule has 0 spiro atoms. The topological polar surface area (TPSA) is 96.7 Å². The van der Waals surface area contributed by atoms with Gasteiger partial charge in [-0.25, -0.2) is 4.98 Å². The van der Waals surface area contributed by atoms with E-state index in [1.54, 1.807) is 13.3 Å². The molecule has 0 unspecified atom stereocenters. The number of aryl methyl sites for hydroxylation is 1. The van der Waals surface area contributed by atoms with Gasteiger partial charge in [0, 0.05) is 10.2 Å². The SMILES string of the molecule is Cc1noc(NC(=O)Cc2ccc(-n3cnc4cc(Br)ccc43)cc2)c1C#N. The highest BCUT2D eigenvalue weighted by Crippen LogP contribution is 2.22. The van der Waals surface area contributed by atoms with Crippen molar-refractivity contribution < 1.29 is 9.32 Å². The molecule has 4 aromatic rings. The highest BCUT2D eigenvalue weighted by molar-refractivity contribution is 9.10. The molecule has 1 N–H and O–H groups in total. The van der Waals surface area contributed by atoms with Crippen molar-refractivity contribution in [2.75, 3.05) is 5.32 Å². The van der Waals surface area contributed by atoms with Crippen LogP contribution in [0.4, 0.5) is 5.88 Å². The number of benzene rings is 2. The summed E-state index contributed by atoms with van der Waals surface area (Å²) in [7, 11) is 0. The molecular weight excluding hydrogens is 422 g/mol. The number of aromatic nitrogens is 3. The number of anilines is 1. The van der Waals surface area contributed by atoms with Crippen molar-refractivity contribution in [1.82, 2.24) is 14.7 Å². The van der Waals surface area contributed by atoms with E-state index in [0.29, 0.717) is 5.69 Å². The molecule has 0 fully saturated rings. The minimum absolute atomic E-state index is 0.0812. The lowest BCUT2D eigenvalue weighted by atomic mass is 10.1. The second-order valence-electron chi connectivity index (χ2n) is 6.22. The zero-order valence-electron chi connectivity index (χ0n) is 14.8. The molecule has 1 amide bonds. The van der Waals surface area contributed by atoms with Crippen molar-refractivity contribution in [3.63, 3.8) is 0 Å². The minimum Gasteiger partial charge on any atom is -0.337 e. The zero-order chi connectivity index (χ0) is 19.7. The van der Waals surface area contributed by atoms with Crippen molar-refractivity contribution >= 4 is 38.8 Å². The number of fused-ring (bicyclic) bond motifs is 1. The molecule has 0 atom stereocenters. The van der Waals surface area contributed by atoms with Gasteiger partial charge in [0.15, 0.2) is 0 Å². The summed E-state index contributed by atoms with van der Waals surface area (Å²) < 4.78 is 7.96. The molecule has 2 aromatic carbocycles. The van der Waals surface area contributed by atoms with Crippen molar-refractivity contribution in [3.8, 4) is 11.8 Å². The summed E-state index contributed by atoms with van der Waals surface area (Å²) in [6.45, 7) is 1.65. The molecular formula is C20H14BrN5O2. The zero-order valence-corrected chi connectivity index (χ0v) is 16.4. The molecule has 0 radical (unpaired) electrons. The van der Waals surface area contributed by atoms with E-state index in [1.165, 1.54) is 0 Å². The summed E-state index contributed by atoms with van der Waals surface area (Å²) in [4.78, 5) is 16.7. The van der Waals surface area contributed by atoms with E-state index in [9.17, 15) is 4.79 Å². The highest BCUT2D eigenvalue weighted by atomic mass is 79.9. The number of carbonyl (C=O) groups is 1. The van der Waals surface area contributed by atoms with E-state index >= 15 is 0 Å². The minimum atomic E-state index is -0.279. The van der Waals surface area contributed by atoms with Crippen LogP contribution in [0.1, 0.15) is 16.8 Å². The predicted octanol–water partition coefficient (Wildman–Crippen LogP) is 4.14. The van der Waals surface area contributed by atoms with Gasteiger partial charge in [-0.1, -0.05) is 33.2 Å². The molecule has 138 valence electrons. The third kappa shape index (κ3) is 3.40. The van der Waals surface area contributed by atoms with Crippen LogP contribution in [0.2, 0.25) is 0 Å². The smallest absolute Gasteiger partial charge is 0.249 e. The average molecular weight is 436 g/mol. The number of hydrogen-bond donors (Lipinski definition) is 1. The van der Waals surface area contributed by atoms with Crippen LogP contribution in [0.15, 0.2) is 57.8 Å². The van der Waals surface area contributed by atoms with Gasteiger partial charge in [0.2, 0.25) is 11.8 Å². The van der Waals surface area contributed by atoms with Gasteiger partial charge in [0.05, 0.1) is 17.5 Å². The van der Waals surface area contributed by atoms with E-state index in [2.05, 4.69) is 31.4 Å². The standard InChI is InChI=1S/C20H14BrN5O2/c1-12-16(10-22)20(28-25-12)24-19(27)8-13-2-5-15(6-3-13)26-11-23-17-9-14(21)4-7-18(17)26/h2-7,9,11H,8H2,1H3,(H,24,27). The van der Waals surface area contributed by atoms with E-state index in [4.69, 9.17) is 9.78 Å². The van der Waals surface area contributed by atoms with Gasteiger partial charge < -0.3 is 4.52 Å². The molecule has 0 saturated carbocycles. The maximum atomic E-state index is 12.3. The van der Waals surface area contributed by atoms with Crippen molar-refractivity contribution in [2.45, 2.75) is 13.3 Å². The number of nitrogens with zero attached hydrogens (tertiary/aromatic N) is 4. The molecule has 2 aromatic heterocycles. The lowest BCUT2D eigenvalue weighted by molar-refractivity contribution is -0.115. The second-order valence-corrected chi connectivity index (χ2v) is 7.14. The Labute approximate surface area is 168 Å². The Morgan fingerprint density at radius 1 is 1.29 bits per heavy atom. The van der Waals surface area contributed by atoms with Gasteiger partial charge in [-0.3, -0.25) is 14.7 Å². The monoisotopic (exact) mass is 435 g/mol.